The molecule has 5 rings (SSSR count). The number of allylic oxidation sites excluding steroid dienone is 1. The Hall–Kier alpha value is -4.36. The van der Waals surface area contributed by atoms with Gasteiger partial charge in [0, 0.05) is 23.0 Å². The maximum Gasteiger partial charge on any atom is 0.319 e. The summed E-state index contributed by atoms with van der Waals surface area (Å²) in [5.74, 6) is -0.375. The summed E-state index contributed by atoms with van der Waals surface area (Å²) in [6, 6.07) is 25.2. The Bertz CT molecular complexity index is 1430. The number of urea groups is 1. The van der Waals surface area contributed by atoms with E-state index in [0.717, 1.165) is 11.3 Å². The molecule has 3 amide bonds. The number of carbonyl (C=O) groups excluding carboxylic acids is 2. The van der Waals surface area contributed by atoms with Crippen LogP contribution in [0, 0.1) is 0 Å². The Labute approximate surface area is 207 Å². The molecule has 3 N–H and O–H groups in total. The van der Waals surface area contributed by atoms with Crippen molar-refractivity contribution in [3.05, 3.63) is 113 Å². The SMILES string of the molecule is CC1=C(C(=O)Nc2ccccc2Cl)C(c2cn(-c3ccccc3)nc2-c2ccccc2)NC(=O)N1. The van der Waals surface area contributed by atoms with E-state index in [1.165, 1.54) is 0 Å². The summed E-state index contributed by atoms with van der Waals surface area (Å²) in [5.41, 5.74) is 4.39. The predicted octanol–water partition coefficient (Wildman–Crippen LogP) is 5.46. The first kappa shape index (κ1) is 22.4. The summed E-state index contributed by atoms with van der Waals surface area (Å²) in [4.78, 5) is 26.0. The van der Waals surface area contributed by atoms with Crippen LogP contribution in [0.5, 0.6) is 0 Å². The molecule has 1 aliphatic rings. The highest BCUT2D eigenvalue weighted by Gasteiger charge is 2.34. The van der Waals surface area contributed by atoms with E-state index in [-0.39, 0.29) is 5.91 Å². The second-order valence-electron chi connectivity index (χ2n) is 8.08. The lowest BCUT2D eigenvalue weighted by atomic mass is 9.93. The third-order valence-electron chi connectivity index (χ3n) is 5.76. The smallest absolute Gasteiger partial charge is 0.319 e. The minimum atomic E-state index is -0.737. The number of nitrogens with zero attached hydrogens (tertiary/aromatic N) is 2. The Morgan fingerprint density at radius 1 is 0.971 bits per heavy atom. The molecule has 0 aliphatic carbocycles. The van der Waals surface area contributed by atoms with Crippen LogP contribution in [0.1, 0.15) is 18.5 Å². The van der Waals surface area contributed by atoms with Crippen molar-refractivity contribution in [2.45, 2.75) is 13.0 Å². The molecule has 2 heterocycles. The number of anilines is 1. The summed E-state index contributed by atoms with van der Waals surface area (Å²) in [5, 5.41) is 13.8. The van der Waals surface area contributed by atoms with Crippen molar-refractivity contribution in [3.63, 3.8) is 0 Å². The van der Waals surface area contributed by atoms with Gasteiger partial charge in [0.05, 0.1) is 33.7 Å². The standard InChI is InChI=1S/C27H22ClN5O2/c1-17-23(26(34)30-22-15-9-8-14-21(22)28)25(31-27(35)29-17)20-16-33(19-12-6-3-7-13-19)32-24(20)18-10-4-2-5-11-18/h2-16,25H,1H3,(H,30,34)(H2,29,31,35). The van der Waals surface area contributed by atoms with E-state index < -0.39 is 12.1 Å². The summed E-state index contributed by atoms with van der Waals surface area (Å²) in [7, 11) is 0. The molecular formula is C27H22ClN5O2. The van der Waals surface area contributed by atoms with Crippen LogP contribution in [0.4, 0.5) is 10.5 Å². The number of hydrogen-bond donors (Lipinski definition) is 3. The van der Waals surface area contributed by atoms with Crippen LogP contribution < -0.4 is 16.0 Å². The van der Waals surface area contributed by atoms with Gasteiger partial charge in [0.2, 0.25) is 0 Å². The lowest BCUT2D eigenvalue weighted by molar-refractivity contribution is -0.113. The summed E-state index contributed by atoms with van der Waals surface area (Å²) >= 11 is 6.27. The zero-order chi connectivity index (χ0) is 24.4. The second kappa shape index (κ2) is 9.48. The molecule has 35 heavy (non-hydrogen) atoms. The van der Waals surface area contributed by atoms with Crippen LogP contribution in [0.2, 0.25) is 5.02 Å². The number of benzene rings is 3. The third-order valence-corrected chi connectivity index (χ3v) is 6.09. The fraction of sp³-hybridized carbons (Fsp3) is 0.0741. The Morgan fingerprint density at radius 3 is 2.34 bits per heavy atom. The van der Waals surface area contributed by atoms with E-state index in [2.05, 4.69) is 16.0 Å². The monoisotopic (exact) mass is 483 g/mol. The Balaban J connectivity index is 1.62. The molecule has 1 aromatic heterocycles. The molecule has 0 fully saturated rings. The highest BCUT2D eigenvalue weighted by atomic mass is 35.5. The van der Waals surface area contributed by atoms with Gasteiger partial charge in [0.15, 0.2) is 0 Å². The topological polar surface area (TPSA) is 88.1 Å². The molecule has 4 aromatic rings. The number of hydrogen-bond acceptors (Lipinski definition) is 3. The molecule has 1 unspecified atom stereocenters. The normalized spacial score (nSPS) is 15.4. The zero-order valence-corrected chi connectivity index (χ0v) is 19.6. The van der Waals surface area contributed by atoms with Crippen LogP contribution in [-0.2, 0) is 4.79 Å². The van der Waals surface area contributed by atoms with Crippen molar-refractivity contribution in [3.8, 4) is 16.9 Å². The van der Waals surface area contributed by atoms with Gasteiger partial charge < -0.3 is 16.0 Å². The van der Waals surface area contributed by atoms with Gasteiger partial charge in [-0.15, -0.1) is 0 Å². The van der Waals surface area contributed by atoms with Crippen LogP contribution in [0.15, 0.2) is 102 Å². The Kier molecular flexibility index (Phi) is 6.08. The highest BCUT2D eigenvalue weighted by molar-refractivity contribution is 6.34. The van der Waals surface area contributed by atoms with Gasteiger partial charge in [-0.1, -0.05) is 72.3 Å². The summed E-state index contributed by atoms with van der Waals surface area (Å²) in [6.07, 6.45) is 1.85. The van der Waals surface area contributed by atoms with E-state index >= 15 is 0 Å². The van der Waals surface area contributed by atoms with Gasteiger partial charge in [0.25, 0.3) is 5.91 Å². The summed E-state index contributed by atoms with van der Waals surface area (Å²) in [6.45, 7) is 1.71. The van der Waals surface area contributed by atoms with Gasteiger partial charge in [0.1, 0.15) is 0 Å². The Morgan fingerprint density at radius 2 is 1.63 bits per heavy atom. The molecule has 3 aromatic carbocycles. The average Bonchev–Trinajstić information content (AvgIpc) is 3.31. The minimum Gasteiger partial charge on any atom is -0.327 e. The lowest BCUT2D eigenvalue weighted by Gasteiger charge is -2.28. The van der Waals surface area contributed by atoms with E-state index in [0.29, 0.717) is 33.2 Å². The van der Waals surface area contributed by atoms with Crippen LogP contribution in [0.3, 0.4) is 0 Å². The quantitative estimate of drug-likeness (QED) is 0.352. The maximum absolute atomic E-state index is 13.5. The van der Waals surface area contributed by atoms with Gasteiger partial charge in [-0.3, -0.25) is 4.79 Å². The first-order valence-electron chi connectivity index (χ1n) is 11.1. The largest absolute Gasteiger partial charge is 0.327 e. The minimum absolute atomic E-state index is 0.370. The molecule has 0 spiro atoms. The molecule has 1 atom stereocenters. The first-order valence-corrected chi connectivity index (χ1v) is 11.4. The van der Waals surface area contributed by atoms with Gasteiger partial charge >= 0.3 is 6.03 Å². The molecule has 0 saturated heterocycles. The van der Waals surface area contributed by atoms with Gasteiger partial charge in [-0.2, -0.15) is 5.10 Å². The molecule has 174 valence electrons. The van der Waals surface area contributed by atoms with Gasteiger partial charge in [-0.25, -0.2) is 9.48 Å². The fourth-order valence-corrected chi connectivity index (χ4v) is 4.30. The number of nitrogens with one attached hydrogen (secondary N) is 3. The number of amides is 3. The van der Waals surface area contributed by atoms with Crippen LogP contribution >= 0.6 is 11.6 Å². The molecular weight excluding hydrogens is 462 g/mol. The molecule has 7 nitrogen and oxygen atoms in total. The number of aromatic nitrogens is 2. The fourth-order valence-electron chi connectivity index (χ4n) is 4.11. The maximum atomic E-state index is 13.5. The van der Waals surface area contributed by atoms with Gasteiger partial charge in [-0.05, 0) is 31.2 Å². The third kappa shape index (κ3) is 4.54. The van der Waals surface area contributed by atoms with Crippen molar-refractivity contribution in [2.75, 3.05) is 5.32 Å². The predicted molar refractivity (Wildman–Crippen MR) is 136 cm³/mol. The van der Waals surface area contributed by atoms with Crippen molar-refractivity contribution in [1.29, 1.82) is 0 Å². The second-order valence-corrected chi connectivity index (χ2v) is 8.49. The number of para-hydroxylation sites is 2. The van der Waals surface area contributed by atoms with Crippen molar-refractivity contribution in [2.24, 2.45) is 0 Å². The van der Waals surface area contributed by atoms with Crippen molar-refractivity contribution >= 4 is 29.2 Å². The van der Waals surface area contributed by atoms with E-state index in [9.17, 15) is 9.59 Å². The highest BCUT2D eigenvalue weighted by Crippen LogP contribution is 2.35. The van der Waals surface area contributed by atoms with E-state index in [1.54, 1.807) is 35.9 Å². The number of carbonyl (C=O) groups is 2. The number of rotatable bonds is 5. The summed E-state index contributed by atoms with van der Waals surface area (Å²) < 4.78 is 1.75. The molecule has 0 radical (unpaired) electrons. The van der Waals surface area contributed by atoms with Crippen LogP contribution in [-0.4, -0.2) is 21.7 Å². The molecule has 0 saturated carbocycles. The van der Waals surface area contributed by atoms with E-state index in [1.807, 2.05) is 66.9 Å². The van der Waals surface area contributed by atoms with Crippen molar-refractivity contribution < 1.29 is 9.59 Å². The molecule has 1 aliphatic heterocycles. The first-order chi connectivity index (χ1) is 17.0. The lowest BCUT2D eigenvalue weighted by Crippen LogP contribution is -2.46. The van der Waals surface area contributed by atoms with E-state index in [4.69, 9.17) is 16.7 Å². The van der Waals surface area contributed by atoms with Crippen molar-refractivity contribution in [1.82, 2.24) is 20.4 Å². The zero-order valence-electron chi connectivity index (χ0n) is 18.8. The average molecular weight is 484 g/mol. The van der Waals surface area contributed by atoms with Crippen LogP contribution in [0.25, 0.3) is 16.9 Å². The molecule has 0 bridgehead atoms. The molecule has 8 heteroatoms. The number of halogens is 1.